The average Bonchev–Trinajstić information content (AvgIpc) is 2.78. The summed E-state index contributed by atoms with van der Waals surface area (Å²) in [6, 6.07) is 6.69. The Bertz CT molecular complexity index is 886. The summed E-state index contributed by atoms with van der Waals surface area (Å²) in [6.45, 7) is 1.91. The molecule has 0 amide bonds. The van der Waals surface area contributed by atoms with Crippen LogP contribution in [0.25, 0.3) is 11.2 Å². The molecule has 0 saturated heterocycles. The van der Waals surface area contributed by atoms with Crippen molar-refractivity contribution in [1.82, 2.24) is 13.9 Å². The van der Waals surface area contributed by atoms with Crippen LogP contribution < -0.4 is 0 Å². The van der Waals surface area contributed by atoms with Crippen LogP contribution in [0.2, 0.25) is 0 Å². The van der Waals surface area contributed by atoms with Crippen LogP contribution >= 0.6 is 15.9 Å². The van der Waals surface area contributed by atoms with Crippen molar-refractivity contribution in [3.05, 3.63) is 52.9 Å². The number of fused-ring (bicyclic) bond motifs is 1. The van der Waals surface area contributed by atoms with Gasteiger partial charge in [0.05, 0.1) is 9.37 Å². The molecule has 0 fully saturated rings. The molecule has 20 heavy (non-hydrogen) atoms. The van der Waals surface area contributed by atoms with Gasteiger partial charge in [-0.1, -0.05) is 17.7 Å². The van der Waals surface area contributed by atoms with Crippen molar-refractivity contribution in [2.45, 2.75) is 11.8 Å². The first-order chi connectivity index (χ1) is 9.50. The van der Waals surface area contributed by atoms with Gasteiger partial charge >= 0.3 is 0 Å². The summed E-state index contributed by atoms with van der Waals surface area (Å²) in [4.78, 5) is 8.45. The van der Waals surface area contributed by atoms with Crippen LogP contribution in [-0.2, 0) is 10.0 Å². The summed E-state index contributed by atoms with van der Waals surface area (Å²) in [5.74, 6) is 0. The molecule has 0 saturated carbocycles. The number of benzene rings is 1. The highest BCUT2D eigenvalue weighted by atomic mass is 79.9. The Morgan fingerprint density at radius 3 is 2.45 bits per heavy atom. The molecule has 5 nitrogen and oxygen atoms in total. The number of aromatic nitrogens is 3. The molecular formula is C13H10BrN3O2S. The smallest absolute Gasteiger partial charge is 0.250 e. The topological polar surface area (TPSA) is 64.8 Å². The molecule has 0 N–H and O–H groups in total. The van der Waals surface area contributed by atoms with Crippen LogP contribution in [0.15, 0.2) is 52.2 Å². The molecule has 0 radical (unpaired) electrons. The lowest BCUT2D eigenvalue weighted by Crippen LogP contribution is -2.12. The first-order valence-corrected chi connectivity index (χ1v) is 8.03. The van der Waals surface area contributed by atoms with Crippen LogP contribution in [0.3, 0.4) is 0 Å². The number of hydrogen-bond acceptors (Lipinski definition) is 4. The predicted octanol–water partition coefficient (Wildman–Crippen LogP) is 2.74. The van der Waals surface area contributed by atoms with Crippen molar-refractivity contribution >= 4 is 37.1 Å². The van der Waals surface area contributed by atoms with Gasteiger partial charge in [-0.3, -0.25) is 4.98 Å². The maximum absolute atomic E-state index is 12.6. The van der Waals surface area contributed by atoms with Gasteiger partial charge in [-0.25, -0.2) is 17.4 Å². The first-order valence-electron chi connectivity index (χ1n) is 5.80. The molecule has 7 heteroatoms. The molecule has 2 heterocycles. The van der Waals surface area contributed by atoms with Gasteiger partial charge in [0, 0.05) is 18.6 Å². The molecule has 0 aliphatic heterocycles. The molecule has 102 valence electrons. The van der Waals surface area contributed by atoms with Gasteiger partial charge in [0.2, 0.25) is 0 Å². The van der Waals surface area contributed by atoms with Crippen LogP contribution in [-0.4, -0.2) is 22.4 Å². The Hall–Kier alpha value is -1.73. The zero-order valence-corrected chi connectivity index (χ0v) is 12.9. The SMILES string of the molecule is Cc1ccc(S(=O)(=O)n2cc(Br)c3nccnc32)cc1. The maximum Gasteiger partial charge on any atom is 0.269 e. The normalized spacial score (nSPS) is 11.9. The highest BCUT2D eigenvalue weighted by Gasteiger charge is 2.21. The summed E-state index contributed by atoms with van der Waals surface area (Å²) in [7, 11) is -3.68. The van der Waals surface area contributed by atoms with Gasteiger partial charge in [-0.05, 0) is 35.0 Å². The highest BCUT2D eigenvalue weighted by Crippen LogP contribution is 2.26. The Balaban J connectivity index is 2.27. The van der Waals surface area contributed by atoms with Crippen molar-refractivity contribution in [1.29, 1.82) is 0 Å². The van der Waals surface area contributed by atoms with E-state index in [-0.39, 0.29) is 4.90 Å². The zero-order chi connectivity index (χ0) is 14.3. The first kappa shape index (κ1) is 13.3. The second-order valence-electron chi connectivity index (χ2n) is 4.32. The summed E-state index contributed by atoms with van der Waals surface area (Å²) < 4.78 is 27.0. The summed E-state index contributed by atoms with van der Waals surface area (Å²) in [5.41, 5.74) is 1.82. The molecule has 3 rings (SSSR count). The molecule has 0 spiro atoms. The predicted molar refractivity (Wildman–Crippen MR) is 79.0 cm³/mol. The van der Waals surface area contributed by atoms with Crippen LogP contribution in [0.4, 0.5) is 0 Å². The monoisotopic (exact) mass is 351 g/mol. The second-order valence-corrected chi connectivity index (χ2v) is 6.99. The van der Waals surface area contributed by atoms with E-state index in [1.807, 2.05) is 6.92 Å². The van der Waals surface area contributed by atoms with Crippen molar-refractivity contribution in [2.75, 3.05) is 0 Å². The van der Waals surface area contributed by atoms with E-state index in [0.717, 1.165) is 9.54 Å². The number of nitrogens with zero attached hydrogens (tertiary/aromatic N) is 3. The van der Waals surface area contributed by atoms with E-state index in [1.165, 1.54) is 18.6 Å². The number of aryl methyl sites for hydroxylation is 1. The average molecular weight is 352 g/mol. The van der Waals surface area contributed by atoms with Crippen LogP contribution in [0.1, 0.15) is 5.56 Å². The van der Waals surface area contributed by atoms with Gasteiger partial charge in [0.1, 0.15) is 5.52 Å². The third-order valence-electron chi connectivity index (χ3n) is 2.92. The van der Waals surface area contributed by atoms with E-state index in [0.29, 0.717) is 15.6 Å². The minimum Gasteiger partial charge on any atom is -0.250 e. The third-order valence-corrected chi connectivity index (χ3v) is 5.17. The molecule has 0 aliphatic rings. The fourth-order valence-electron chi connectivity index (χ4n) is 1.89. The number of halogens is 1. The molecule has 1 aromatic carbocycles. The summed E-state index contributed by atoms with van der Waals surface area (Å²) >= 11 is 3.31. The lowest BCUT2D eigenvalue weighted by atomic mass is 10.2. The standard InChI is InChI=1S/C13H10BrN3O2S/c1-9-2-4-10(5-3-9)20(18,19)17-8-11(14)12-13(17)16-7-6-15-12/h2-8H,1H3. The van der Waals surface area contributed by atoms with Gasteiger partial charge in [-0.2, -0.15) is 0 Å². The molecule has 0 atom stereocenters. The summed E-state index contributed by atoms with van der Waals surface area (Å²) in [6.07, 6.45) is 4.46. The lowest BCUT2D eigenvalue weighted by Gasteiger charge is -2.06. The molecule has 2 aromatic heterocycles. The van der Waals surface area contributed by atoms with Crippen molar-refractivity contribution in [3.63, 3.8) is 0 Å². The number of hydrogen-bond donors (Lipinski definition) is 0. The third kappa shape index (κ3) is 2.03. The largest absolute Gasteiger partial charge is 0.269 e. The van der Waals surface area contributed by atoms with Crippen molar-refractivity contribution in [2.24, 2.45) is 0 Å². The minimum absolute atomic E-state index is 0.221. The Labute approximate surface area is 124 Å². The molecule has 3 aromatic rings. The maximum atomic E-state index is 12.6. The zero-order valence-electron chi connectivity index (χ0n) is 10.5. The molecular weight excluding hydrogens is 342 g/mol. The molecule has 0 bridgehead atoms. The molecule has 0 aliphatic carbocycles. The van der Waals surface area contributed by atoms with E-state index in [4.69, 9.17) is 0 Å². The van der Waals surface area contributed by atoms with Gasteiger partial charge in [-0.15, -0.1) is 0 Å². The lowest BCUT2D eigenvalue weighted by molar-refractivity contribution is 0.588. The van der Waals surface area contributed by atoms with E-state index < -0.39 is 10.0 Å². The van der Waals surface area contributed by atoms with Crippen LogP contribution in [0.5, 0.6) is 0 Å². The van der Waals surface area contributed by atoms with Crippen molar-refractivity contribution in [3.8, 4) is 0 Å². The van der Waals surface area contributed by atoms with E-state index in [9.17, 15) is 8.42 Å². The summed E-state index contributed by atoms with van der Waals surface area (Å²) in [5, 5.41) is 0. The van der Waals surface area contributed by atoms with Gasteiger partial charge in [0.25, 0.3) is 10.0 Å². The van der Waals surface area contributed by atoms with E-state index in [2.05, 4.69) is 25.9 Å². The van der Waals surface area contributed by atoms with Gasteiger partial charge in [0.15, 0.2) is 5.65 Å². The second kappa shape index (κ2) is 4.68. The van der Waals surface area contributed by atoms with E-state index in [1.54, 1.807) is 24.3 Å². The highest BCUT2D eigenvalue weighted by molar-refractivity contribution is 9.10. The fraction of sp³-hybridized carbons (Fsp3) is 0.0769. The molecule has 0 unspecified atom stereocenters. The Morgan fingerprint density at radius 2 is 1.75 bits per heavy atom. The number of rotatable bonds is 2. The fourth-order valence-corrected chi connectivity index (χ4v) is 3.83. The Kier molecular flexibility index (Phi) is 3.10. The quantitative estimate of drug-likeness (QED) is 0.711. The Morgan fingerprint density at radius 1 is 1.10 bits per heavy atom. The minimum atomic E-state index is -3.68. The van der Waals surface area contributed by atoms with Gasteiger partial charge < -0.3 is 0 Å². The van der Waals surface area contributed by atoms with Crippen LogP contribution in [0, 0.1) is 6.92 Å². The van der Waals surface area contributed by atoms with E-state index >= 15 is 0 Å². The van der Waals surface area contributed by atoms with Crippen molar-refractivity contribution < 1.29 is 8.42 Å².